The Kier molecular flexibility index (Phi) is 3.90. The maximum Gasteiger partial charge on any atom is 0.413 e. The van der Waals surface area contributed by atoms with Gasteiger partial charge < -0.3 is 5.32 Å². The summed E-state index contributed by atoms with van der Waals surface area (Å²) in [6, 6.07) is 0. The summed E-state index contributed by atoms with van der Waals surface area (Å²) in [6.07, 6.45) is 10.6. The molecule has 0 atom stereocenters. The van der Waals surface area contributed by atoms with Crippen LogP contribution in [-0.2, 0) is 0 Å². The predicted octanol–water partition coefficient (Wildman–Crippen LogP) is 4.07. The zero-order valence-corrected chi connectivity index (χ0v) is 12.8. The zero-order valence-electron chi connectivity index (χ0n) is 11.6. The molecule has 0 aliphatic heterocycles. The first-order valence-electron chi connectivity index (χ1n) is 7.23. The SMILES string of the molecule is CN[C](=O)[Al]([C]1(C)CCCC1)[C]1(C)CCCC1. The van der Waals surface area contributed by atoms with Crippen LogP contribution in [0, 0.1) is 0 Å². The van der Waals surface area contributed by atoms with Gasteiger partial charge >= 0.3 is 14.1 Å². The topological polar surface area (TPSA) is 29.1 Å². The molecule has 2 rings (SSSR count). The van der Waals surface area contributed by atoms with Gasteiger partial charge in [-0.2, -0.15) is 0 Å². The van der Waals surface area contributed by atoms with Crippen LogP contribution >= 0.6 is 0 Å². The Morgan fingerprint density at radius 3 is 1.59 bits per heavy atom. The van der Waals surface area contributed by atoms with Crippen LogP contribution in [0.4, 0.5) is 4.79 Å². The highest BCUT2D eigenvalue weighted by Gasteiger charge is 2.57. The van der Waals surface area contributed by atoms with E-state index in [1.54, 1.807) is 0 Å². The molecule has 0 unspecified atom stereocenters. The molecule has 0 bridgehead atoms. The third-order valence-electron chi connectivity index (χ3n) is 5.39. The first-order valence-corrected chi connectivity index (χ1v) is 8.97. The molecule has 2 fully saturated rings. The molecule has 1 N–H and O–H groups in total. The molecule has 3 heteroatoms. The minimum atomic E-state index is -1.41. The minimum Gasteiger partial charge on any atom is -0.375 e. The van der Waals surface area contributed by atoms with Crippen molar-refractivity contribution in [2.45, 2.75) is 73.8 Å². The van der Waals surface area contributed by atoms with Gasteiger partial charge in [0.15, 0.2) is 0 Å². The van der Waals surface area contributed by atoms with Gasteiger partial charge in [0.25, 0.3) is 0 Å². The van der Waals surface area contributed by atoms with Gasteiger partial charge in [-0.25, -0.2) is 0 Å². The summed E-state index contributed by atoms with van der Waals surface area (Å²) >= 11 is -1.41. The van der Waals surface area contributed by atoms with E-state index in [1.807, 2.05) is 7.05 Å². The fraction of sp³-hybridized carbons (Fsp3) is 0.929. The van der Waals surface area contributed by atoms with E-state index in [9.17, 15) is 4.79 Å². The van der Waals surface area contributed by atoms with E-state index in [2.05, 4.69) is 19.2 Å². The summed E-state index contributed by atoms with van der Waals surface area (Å²) in [5.74, 6) is 0. The van der Waals surface area contributed by atoms with Crippen LogP contribution in [0.1, 0.15) is 65.2 Å². The Bertz CT molecular complexity index is 269. The van der Waals surface area contributed by atoms with Gasteiger partial charge in [-0.15, -0.1) is 0 Å². The first-order chi connectivity index (χ1) is 8.02. The monoisotopic (exact) mass is 251 g/mol. The average Bonchev–Trinajstić information content (AvgIpc) is 2.89. The van der Waals surface area contributed by atoms with Crippen LogP contribution in [0.5, 0.6) is 0 Å². The van der Waals surface area contributed by atoms with Crippen molar-refractivity contribution >= 4 is 18.9 Å². The largest absolute Gasteiger partial charge is 0.413 e. The van der Waals surface area contributed by atoms with Crippen LogP contribution in [0.3, 0.4) is 0 Å². The van der Waals surface area contributed by atoms with Gasteiger partial charge in [0, 0.05) is 7.05 Å². The summed E-state index contributed by atoms with van der Waals surface area (Å²) in [6.45, 7) is 4.82. The first kappa shape index (κ1) is 13.4. The van der Waals surface area contributed by atoms with E-state index >= 15 is 0 Å². The van der Waals surface area contributed by atoms with Crippen LogP contribution in [0.2, 0.25) is 8.55 Å². The van der Waals surface area contributed by atoms with Crippen LogP contribution in [0.25, 0.3) is 0 Å². The Labute approximate surface area is 110 Å². The molecule has 2 aliphatic carbocycles. The number of nitrogens with one attached hydrogen (secondary N) is 1. The van der Waals surface area contributed by atoms with E-state index in [0.717, 1.165) is 0 Å². The fourth-order valence-electron chi connectivity index (χ4n) is 4.56. The lowest BCUT2D eigenvalue weighted by Gasteiger charge is -2.39. The maximum absolute atomic E-state index is 12.4. The third-order valence-corrected chi connectivity index (χ3v) is 10.1. The number of hydrogen-bond donors (Lipinski definition) is 1. The second-order valence-electron chi connectivity index (χ2n) is 6.77. The van der Waals surface area contributed by atoms with Crippen molar-refractivity contribution in [2.24, 2.45) is 0 Å². The molecule has 0 spiro atoms. The van der Waals surface area contributed by atoms with E-state index in [4.69, 9.17) is 0 Å². The summed E-state index contributed by atoms with van der Waals surface area (Å²) in [5, 5.41) is 2.99. The second kappa shape index (κ2) is 4.94. The summed E-state index contributed by atoms with van der Waals surface area (Å²) in [5.41, 5.74) is 0. The summed E-state index contributed by atoms with van der Waals surface area (Å²) in [4.78, 5) is 12.4. The molecule has 2 saturated carbocycles. The van der Waals surface area contributed by atoms with Crippen LogP contribution in [0.15, 0.2) is 0 Å². The average molecular weight is 251 g/mol. The molecule has 0 aromatic heterocycles. The number of rotatable bonds is 3. The predicted molar refractivity (Wildman–Crippen MR) is 73.9 cm³/mol. The molecule has 1 amide bonds. The highest BCUT2D eigenvalue weighted by atomic mass is 27.2. The molecule has 0 aromatic carbocycles. The van der Waals surface area contributed by atoms with Crippen molar-refractivity contribution in [3.8, 4) is 0 Å². The Morgan fingerprint density at radius 1 is 0.941 bits per heavy atom. The Hall–Kier alpha value is 0.00247. The normalized spacial score (nSPS) is 25.8. The number of hydrogen-bond acceptors (Lipinski definition) is 1. The summed E-state index contributed by atoms with van der Waals surface area (Å²) < 4.78 is 1.21. The Balaban J connectivity index is 2.27. The van der Waals surface area contributed by atoms with Crippen LogP contribution < -0.4 is 5.32 Å². The molecule has 0 aromatic rings. The van der Waals surface area contributed by atoms with Gasteiger partial charge in [0.05, 0.1) is 0 Å². The molecule has 0 saturated heterocycles. The number of carbonyl (C=O) groups excluding carboxylic acids is 1. The van der Waals surface area contributed by atoms with Crippen molar-refractivity contribution in [3.05, 3.63) is 0 Å². The van der Waals surface area contributed by atoms with E-state index in [1.165, 1.54) is 51.4 Å². The number of amides is 1. The summed E-state index contributed by atoms with van der Waals surface area (Å²) in [7, 11) is 1.83. The highest BCUT2D eigenvalue weighted by molar-refractivity contribution is 6.94. The zero-order chi connectivity index (χ0) is 12.5. The quantitative estimate of drug-likeness (QED) is 0.753. The van der Waals surface area contributed by atoms with Crippen molar-refractivity contribution in [1.29, 1.82) is 0 Å². The van der Waals surface area contributed by atoms with Crippen molar-refractivity contribution in [1.82, 2.24) is 5.32 Å². The highest BCUT2D eigenvalue weighted by Crippen LogP contribution is 2.58. The molecular weight excluding hydrogens is 225 g/mol. The number of carbonyl (C=O) groups is 1. The van der Waals surface area contributed by atoms with Gasteiger partial charge in [-0.05, 0) is 0 Å². The molecule has 2 nitrogen and oxygen atoms in total. The second-order valence-corrected chi connectivity index (χ2v) is 10.9. The minimum absolute atomic E-state index is 0.388. The molecule has 96 valence electrons. The third kappa shape index (κ3) is 2.42. The van der Waals surface area contributed by atoms with Gasteiger partial charge in [-0.1, -0.05) is 73.8 Å². The van der Waals surface area contributed by atoms with Crippen molar-refractivity contribution in [3.63, 3.8) is 0 Å². The van der Waals surface area contributed by atoms with E-state index in [-0.39, 0.29) is 0 Å². The standard InChI is InChI=1S/2C6H11.C2H4NO.Al/c2*1-6-4-2-3-5-6;1-3-2-4;/h2*2-5H2,1H3;1H3,(H,3,4);. The lowest BCUT2D eigenvalue weighted by molar-refractivity contribution is 0.258. The molecule has 0 heterocycles. The molecule has 2 aliphatic rings. The maximum atomic E-state index is 12.4. The fourth-order valence-corrected chi connectivity index (χ4v) is 9.77. The van der Waals surface area contributed by atoms with E-state index in [0.29, 0.717) is 13.3 Å². The Morgan fingerprint density at radius 2 is 1.29 bits per heavy atom. The van der Waals surface area contributed by atoms with Gasteiger partial charge in [0.1, 0.15) is 4.77 Å². The van der Waals surface area contributed by atoms with Gasteiger partial charge in [-0.3, -0.25) is 4.79 Å². The van der Waals surface area contributed by atoms with Gasteiger partial charge in [0.2, 0.25) is 0 Å². The molecular formula is C14H26AlNO. The lowest BCUT2D eigenvalue weighted by Crippen LogP contribution is -2.49. The van der Waals surface area contributed by atoms with E-state index < -0.39 is 14.1 Å². The lowest BCUT2D eigenvalue weighted by atomic mass is 10.1. The van der Waals surface area contributed by atoms with Crippen molar-refractivity contribution < 1.29 is 4.79 Å². The molecule has 0 radical (unpaired) electrons. The molecule has 17 heavy (non-hydrogen) atoms. The smallest absolute Gasteiger partial charge is 0.375 e. The van der Waals surface area contributed by atoms with Crippen LogP contribution in [-0.4, -0.2) is 26.0 Å². The van der Waals surface area contributed by atoms with Crippen molar-refractivity contribution in [2.75, 3.05) is 7.05 Å².